The number of furan rings is 1. The van der Waals surface area contributed by atoms with Crippen LogP contribution in [0.2, 0.25) is 0 Å². The van der Waals surface area contributed by atoms with Crippen molar-refractivity contribution in [2.45, 2.75) is 13.8 Å². The van der Waals surface area contributed by atoms with Crippen molar-refractivity contribution >= 4 is 5.82 Å². The number of aryl methyl sites for hydroxylation is 1. The lowest BCUT2D eigenvalue weighted by Crippen LogP contribution is -2.18. The van der Waals surface area contributed by atoms with Crippen molar-refractivity contribution in [3.05, 3.63) is 59.4 Å². The Bertz CT molecular complexity index is 857. The molecule has 0 aliphatic rings. The Morgan fingerprint density at radius 2 is 1.86 bits per heavy atom. The molecule has 3 N–H and O–H groups in total. The van der Waals surface area contributed by atoms with E-state index in [1.807, 2.05) is 44.2 Å². The van der Waals surface area contributed by atoms with Crippen molar-refractivity contribution in [3.63, 3.8) is 0 Å². The second kappa shape index (κ2) is 5.38. The van der Waals surface area contributed by atoms with E-state index in [0.717, 1.165) is 22.4 Å². The summed E-state index contributed by atoms with van der Waals surface area (Å²) in [4.78, 5) is 3.15. The van der Waals surface area contributed by atoms with Crippen LogP contribution in [0, 0.1) is 25.2 Å². The van der Waals surface area contributed by atoms with Gasteiger partial charge in [-0.2, -0.15) is 5.26 Å². The summed E-state index contributed by atoms with van der Waals surface area (Å²) in [5, 5.41) is 9.43. The van der Waals surface area contributed by atoms with Gasteiger partial charge in [-0.1, -0.05) is 29.8 Å². The Labute approximate surface area is 128 Å². The first-order valence-electron chi connectivity index (χ1n) is 6.98. The van der Waals surface area contributed by atoms with Gasteiger partial charge in [0.25, 0.3) is 5.82 Å². The SMILES string of the molecule is Cc1ccc(-c2[nH+]c(N)c(C#N)c(-c3ccco3)c2C)cc1. The van der Waals surface area contributed by atoms with E-state index in [-0.39, 0.29) is 0 Å². The highest BCUT2D eigenvalue weighted by Gasteiger charge is 2.23. The number of H-pyrrole nitrogens is 1. The third-order valence-corrected chi connectivity index (χ3v) is 3.75. The number of anilines is 1. The van der Waals surface area contributed by atoms with E-state index in [9.17, 15) is 5.26 Å². The monoisotopic (exact) mass is 290 g/mol. The summed E-state index contributed by atoms with van der Waals surface area (Å²) in [7, 11) is 0. The van der Waals surface area contributed by atoms with E-state index < -0.39 is 0 Å². The van der Waals surface area contributed by atoms with Crippen LogP contribution < -0.4 is 10.7 Å². The molecule has 0 aliphatic heterocycles. The van der Waals surface area contributed by atoms with E-state index in [1.165, 1.54) is 5.56 Å². The van der Waals surface area contributed by atoms with Crippen molar-refractivity contribution in [2.24, 2.45) is 0 Å². The van der Waals surface area contributed by atoms with Crippen LogP contribution in [0.1, 0.15) is 16.7 Å². The van der Waals surface area contributed by atoms with Gasteiger partial charge in [-0.25, -0.2) is 4.98 Å². The van der Waals surface area contributed by atoms with Gasteiger partial charge in [0.1, 0.15) is 17.5 Å². The first-order valence-corrected chi connectivity index (χ1v) is 6.98. The largest absolute Gasteiger partial charge is 0.464 e. The standard InChI is InChI=1S/C18H15N3O/c1-11-5-7-13(8-6-11)17-12(2)16(15-4-3-9-22-15)14(10-19)18(20)21-17/h3-9H,1-2H3,(H2,20,21)/p+1. The number of rotatable bonds is 2. The molecule has 3 aromatic rings. The average Bonchev–Trinajstić information content (AvgIpc) is 3.03. The predicted octanol–water partition coefficient (Wildman–Crippen LogP) is 3.50. The maximum absolute atomic E-state index is 9.43. The molecule has 0 saturated carbocycles. The smallest absolute Gasteiger partial charge is 0.289 e. The normalized spacial score (nSPS) is 10.4. The lowest BCUT2D eigenvalue weighted by atomic mass is 9.96. The highest BCUT2D eigenvalue weighted by Crippen LogP contribution is 2.33. The van der Waals surface area contributed by atoms with Crippen molar-refractivity contribution in [2.75, 3.05) is 5.73 Å². The Morgan fingerprint density at radius 1 is 1.14 bits per heavy atom. The number of aromatic nitrogens is 1. The molecular formula is C18H16N3O+. The van der Waals surface area contributed by atoms with Gasteiger partial charge in [0.2, 0.25) is 0 Å². The number of benzene rings is 1. The number of nitrogens with two attached hydrogens (primary N) is 1. The third kappa shape index (κ3) is 2.23. The van der Waals surface area contributed by atoms with Crippen LogP contribution in [-0.4, -0.2) is 0 Å². The summed E-state index contributed by atoms with van der Waals surface area (Å²) in [5.41, 5.74) is 11.2. The van der Waals surface area contributed by atoms with Crippen LogP contribution in [0.5, 0.6) is 0 Å². The number of nitrogens with zero attached hydrogens (tertiary/aromatic N) is 1. The van der Waals surface area contributed by atoms with E-state index in [0.29, 0.717) is 17.1 Å². The van der Waals surface area contributed by atoms with Gasteiger partial charge in [0, 0.05) is 11.1 Å². The molecule has 0 atom stereocenters. The van der Waals surface area contributed by atoms with Crippen LogP contribution >= 0.6 is 0 Å². The first kappa shape index (κ1) is 13.9. The summed E-state index contributed by atoms with van der Waals surface area (Å²) in [5.74, 6) is 0.984. The summed E-state index contributed by atoms with van der Waals surface area (Å²) < 4.78 is 5.49. The number of nitrogen functional groups attached to an aromatic ring is 1. The average molecular weight is 290 g/mol. The zero-order chi connectivity index (χ0) is 15.7. The van der Waals surface area contributed by atoms with Crippen LogP contribution in [-0.2, 0) is 0 Å². The molecule has 2 heterocycles. The Balaban J connectivity index is 2.30. The summed E-state index contributed by atoms with van der Waals surface area (Å²) >= 11 is 0. The minimum Gasteiger partial charge on any atom is -0.464 e. The molecule has 108 valence electrons. The molecule has 0 bridgehead atoms. The Hall–Kier alpha value is -3.06. The molecular weight excluding hydrogens is 274 g/mol. The van der Waals surface area contributed by atoms with Gasteiger partial charge in [-0.15, -0.1) is 0 Å². The Kier molecular flexibility index (Phi) is 3.40. The predicted molar refractivity (Wildman–Crippen MR) is 84.7 cm³/mol. The third-order valence-electron chi connectivity index (χ3n) is 3.75. The lowest BCUT2D eigenvalue weighted by Gasteiger charge is -2.10. The molecule has 0 aliphatic carbocycles. The number of pyridine rings is 1. The number of aromatic amines is 1. The summed E-state index contributed by atoms with van der Waals surface area (Å²) in [6, 6.07) is 14.0. The molecule has 1 aromatic carbocycles. The van der Waals surface area contributed by atoms with Gasteiger partial charge < -0.3 is 4.42 Å². The Morgan fingerprint density at radius 3 is 2.45 bits per heavy atom. The minimum atomic E-state index is 0.343. The van der Waals surface area contributed by atoms with E-state index in [2.05, 4.69) is 11.1 Å². The molecule has 0 saturated heterocycles. The molecule has 2 aromatic heterocycles. The van der Waals surface area contributed by atoms with Crippen LogP contribution in [0.3, 0.4) is 0 Å². The molecule has 0 radical (unpaired) electrons. The molecule has 0 amide bonds. The quantitative estimate of drug-likeness (QED) is 0.784. The summed E-state index contributed by atoms with van der Waals surface area (Å²) in [6.45, 7) is 4.01. The highest BCUT2D eigenvalue weighted by molar-refractivity contribution is 5.79. The fraction of sp³-hybridized carbons (Fsp3) is 0.111. The summed E-state index contributed by atoms with van der Waals surface area (Å²) in [6.07, 6.45) is 1.59. The van der Waals surface area contributed by atoms with Gasteiger partial charge >= 0.3 is 0 Å². The fourth-order valence-corrected chi connectivity index (χ4v) is 2.59. The van der Waals surface area contributed by atoms with Gasteiger partial charge in [-0.3, -0.25) is 5.73 Å². The van der Waals surface area contributed by atoms with Crippen LogP contribution in [0.25, 0.3) is 22.6 Å². The van der Waals surface area contributed by atoms with Crippen molar-refractivity contribution in [3.8, 4) is 28.7 Å². The second-order valence-corrected chi connectivity index (χ2v) is 5.24. The van der Waals surface area contributed by atoms with Gasteiger partial charge in [0.15, 0.2) is 5.56 Å². The fourth-order valence-electron chi connectivity index (χ4n) is 2.59. The molecule has 4 heteroatoms. The van der Waals surface area contributed by atoms with Crippen LogP contribution in [0.4, 0.5) is 5.82 Å². The molecule has 3 rings (SSSR count). The van der Waals surface area contributed by atoms with E-state index >= 15 is 0 Å². The van der Waals surface area contributed by atoms with E-state index in [1.54, 1.807) is 12.3 Å². The van der Waals surface area contributed by atoms with Crippen molar-refractivity contribution in [1.29, 1.82) is 5.26 Å². The lowest BCUT2D eigenvalue weighted by molar-refractivity contribution is -0.347. The van der Waals surface area contributed by atoms with Crippen molar-refractivity contribution < 1.29 is 9.40 Å². The van der Waals surface area contributed by atoms with Gasteiger partial charge in [-0.05, 0) is 26.0 Å². The molecule has 0 unspecified atom stereocenters. The van der Waals surface area contributed by atoms with E-state index in [4.69, 9.17) is 10.2 Å². The van der Waals surface area contributed by atoms with Crippen molar-refractivity contribution in [1.82, 2.24) is 0 Å². The number of nitrogens with one attached hydrogen (secondary N) is 1. The zero-order valence-corrected chi connectivity index (χ0v) is 12.5. The number of hydrogen-bond acceptors (Lipinski definition) is 3. The zero-order valence-electron chi connectivity index (χ0n) is 12.5. The highest BCUT2D eigenvalue weighted by atomic mass is 16.3. The maximum atomic E-state index is 9.43. The molecule has 0 spiro atoms. The molecule has 0 fully saturated rings. The molecule has 22 heavy (non-hydrogen) atoms. The first-order chi connectivity index (χ1) is 10.6. The maximum Gasteiger partial charge on any atom is 0.289 e. The number of hydrogen-bond donors (Lipinski definition) is 1. The second-order valence-electron chi connectivity index (χ2n) is 5.24. The van der Waals surface area contributed by atoms with Gasteiger partial charge in [0.05, 0.1) is 11.8 Å². The minimum absolute atomic E-state index is 0.343. The topological polar surface area (TPSA) is 77.1 Å². The van der Waals surface area contributed by atoms with Crippen LogP contribution in [0.15, 0.2) is 47.1 Å². The molecule has 4 nitrogen and oxygen atoms in total. The number of nitriles is 1.